The van der Waals surface area contributed by atoms with Crippen molar-refractivity contribution in [2.75, 3.05) is 40.8 Å². The third-order valence-electron chi connectivity index (χ3n) is 6.60. The minimum absolute atomic E-state index is 0.745. The average Bonchev–Trinajstić information content (AvgIpc) is 3.24. The molecular weight excluding hydrogens is 378 g/mol. The molecule has 0 aliphatic carbocycles. The van der Waals surface area contributed by atoms with E-state index in [1.807, 2.05) is 0 Å². The summed E-state index contributed by atoms with van der Waals surface area (Å²) >= 11 is 2.27. The molecule has 6 heteroatoms. The Kier molecular flexibility index (Phi) is 8.00. The molecule has 6 atom stereocenters. The molecule has 3 heterocycles. The summed E-state index contributed by atoms with van der Waals surface area (Å²) < 4.78 is 0. The van der Waals surface area contributed by atoms with Crippen molar-refractivity contribution in [3.8, 4) is 0 Å². The average molecular weight is 418 g/mol. The maximum Gasteiger partial charge on any atom is 0.0659 e. The molecular formula is C20H39N3S3. The van der Waals surface area contributed by atoms with Crippen LogP contribution in [0.4, 0.5) is 0 Å². The topological polar surface area (TPSA) is 9.72 Å². The van der Waals surface area contributed by atoms with Gasteiger partial charge in [0, 0.05) is 40.9 Å². The van der Waals surface area contributed by atoms with Crippen LogP contribution in [0.25, 0.3) is 0 Å². The largest absolute Gasteiger partial charge is 0.302 e. The zero-order valence-electron chi connectivity index (χ0n) is 17.6. The standard InChI is InChI=1S/C20H39N3S3/c1-14(2)18-10-16(12-22(18)5)24-15(3)19-11-17(13-23(19)6)25-26-20-8-7-9-21(20)4/h14-20H,7-13H2,1-6H3/t15?,16?,17?,18?,19-,20-/m1/s1. The van der Waals surface area contributed by atoms with E-state index in [4.69, 9.17) is 0 Å². The fourth-order valence-corrected chi connectivity index (χ4v) is 10.1. The summed E-state index contributed by atoms with van der Waals surface area (Å²) in [5.74, 6) is 0.779. The highest BCUT2D eigenvalue weighted by Crippen LogP contribution is 2.43. The van der Waals surface area contributed by atoms with E-state index in [2.05, 4.69) is 90.0 Å². The van der Waals surface area contributed by atoms with Crippen LogP contribution in [0.2, 0.25) is 0 Å². The molecule has 3 aliphatic heterocycles. The molecule has 0 amide bonds. The fourth-order valence-electron chi connectivity index (χ4n) is 5.00. The van der Waals surface area contributed by atoms with E-state index in [0.717, 1.165) is 39.1 Å². The summed E-state index contributed by atoms with van der Waals surface area (Å²) in [5, 5.41) is 3.12. The van der Waals surface area contributed by atoms with E-state index in [1.165, 1.54) is 45.3 Å². The molecule has 26 heavy (non-hydrogen) atoms. The van der Waals surface area contributed by atoms with Gasteiger partial charge in [0.05, 0.1) is 5.37 Å². The highest BCUT2D eigenvalue weighted by Gasteiger charge is 2.38. The lowest BCUT2D eigenvalue weighted by Crippen LogP contribution is -2.34. The normalized spacial score (nSPS) is 38.7. The van der Waals surface area contributed by atoms with Crippen molar-refractivity contribution in [1.29, 1.82) is 0 Å². The van der Waals surface area contributed by atoms with Gasteiger partial charge in [0.25, 0.3) is 0 Å². The Morgan fingerprint density at radius 3 is 2.08 bits per heavy atom. The summed E-state index contributed by atoms with van der Waals surface area (Å²) in [7, 11) is 11.3. The Balaban J connectivity index is 1.44. The first kappa shape index (κ1) is 21.6. The third kappa shape index (κ3) is 5.29. The molecule has 0 aromatic heterocycles. The number of likely N-dealkylation sites (tertiary alicyclic amines) is 3. The predicted molar refractivity (Wildman–Crippen MR) is 122 cm³/mol. The lowest BCUT2D eigenvalue weighted by Gasteiger charge is -2.27. The van der Waals surface area contributed by atoms with Crippen LogP contribution in [0, 0.1) is 5.92 Å². The molecule has 3 saturated heterocycles. The first-order valence-electron chi connectivity index (χ1n) is 10.4. The van der Waals surface area contributed by atoms with Gasteiger partial charge in [0.15, 0.2) is 0 Å². The zero-order chi connectivity index (χ0) is 18.8. The van der Waals surface area contributed by atoms with Gasteiger partial charge in [-0.05, 0) is 59.3 Å². The first-order valence-corrected chi connectivity index (χ1v) is 13.6. The summed E-state index contributed by atoms with van der Waals surface area (Å²) in [4.78, 5) is 7.78. The van der Waals surface area contributed by atoms with Crippen molar-refractivity contribution in [3.63, 3.8) is 0 Å². The molecule has 0 saturated carbocycles. The maximum atomic E-state index is 2.65. The number of hydrogen-bond acceptors (Lipinski definition) is 6. The molecule has 4 unspecified atom stereocenters. The molecule has 3 rings (SSSR count). The molecule has 0 bridgehead atoms. The van der Waals surface area contributed by atoms with E-state index in [9.17, 15) is 0 Å². The Morgan fingerprint density at radius 1 is 0.808 bits per heavy atom. The summed E-state index contributed by atoms with van der Waals surface area (Å²) in [6.45, 7) is 11.1. The summed E-state index contributed by atoms with van der Waals surface area (Å²) in [6, 6.07) is 1.53. The van der Waals surface area contributed by atoms with E-state index in [-0.39, 0.29) is 0 Å². The second-order valence-electron chi connectivity index (χ2n) is 9.08. The SMILES string of the molecule is CC(C)C1CC(SC(C)[C@H]2CC(SS[C@@H]3CCCN3C)CN2C)CN1C. The van der Waals surface area contributed by atoms with Crippen molar-refractivity contribution in [2.24, 2.45) is 5.92 Å². The number of hydrogen-bond donors (Lipinski definition) is 0. The quantitative estimate of drug-likeness (QED) is 0.566. The van der Waals surface area contributed by atoms with E-state index in [1.54, 1.807) is 0 Å². The number of nitrogens with zero attached hydrogens (tertiary/aromatic N) is 3. The van der Waals surface area contributed by atoms with Crippen LogP contribution in [-0.4, -0.2) is 88.7 Å². The molecule has 152 valence electrons. The van der Waals surface area contributed by atoms with Crippen LogP contribution < -0.4 is 0 Å². The van der Waals surface area contributed by atoms with Gasteiger partial charge in [0.1, 0.15) is 0 Å². The second kappa shape index (κ2) is 9.62. The predicted octanol–water partition coefficient (Wildman–Crippen LogP) is 4.34. The van der Waals surface area contributed by atoms with Gasteiger partial charge in [0.2, 0.25) is 0 Å². The molecule has 0 aromatic carbocycles. The van der Waals surface area contributed by atoms with Crippen LogP contribution in [0.3, 0.4) is 0 Å². The zero-order valence-corrected chi connectivity index (χ0v) is 20.0. The van der Waals surface area contributed by atoms with Crippen molar-refractivity contribution in [3.05, 3.63) is 0 Å². The Labute approximate surface area is 174 Å². The maximum absolute atomic E-state index is 2.65. The summed E-state index contributed by atoms with van der Waals surface area (Å²) in [6.07, 6.45) is 5.50. The monoisotopic (exact) mass is 417 g/mol. The van der Waals surface area contributed by atoms with Gasteiger partial charge < -0.3 is 9.80 Å². The van der Waals surface area contributed by atoms with Crippen LogP contribution in [0.1, 0.15) is 46.5 Å². The van der Waals surface area contributed by atoms with Gasteiger partial charge in [-0.2, -0.15) is 11.8 Å². The Hall–Kier alpha value is 0.930. The highest BCUT2D eigenvalue weighted by atomic mass is 33.1. The molecule has 3 fully saturated rings. The number of rotatable bonds is 7. The van der Waals surface area contributed by atoms with Gasteiger partial charge in [-0.1, -0.05) is 42.4 Å². The Morgan fingerprint density at radius 2 is 1.46 bits per heavy atom. The number of thioether (sulfide) groups is 1. The molecule has 3 nitrogen and oxygen atoms in total. The smallest absolute Gasteiger partial charge is 0.0659 e. The second-order valence-corrected chi connectivity index (χ2v) is 13.5. The van der Waals surface area contributed by atoms with E-state index < -0.39 is 0 Å². The van der Waals surface area contributed by atoms with E-state index in [0.29, 0.717) is 0 Å². The van der Waals surface area contributed by atoms with Gasteiger partial charge in [-0.3, -0.25) is 4.90 Å². The van der Waals surface area contributed by atoms with Crippen LogP contribution >= 0.6 is 33.3 Å². The van der Waals surface area contributed by atoms with E-state index >= 15 is 0 Å². The van der Waals surface area contributed by atoms with Crippen LogP contribution in [-0.2, 0) is 0 Å². The lowest BCUT2D eigenvalue weighted by atomic mass is 10.0. The first-order chi connectivity index (χ1) is 12.3. The van der Waals surface area contributed by atoms with Crippen molar-refractivity contribution >= 4 is 33.3 Å². The van der Waals surface area contributed by atoms with Crippen molar-refractivity contribution < 1.29 is 0 Å². The summed E-state index contributed by atoms with van der Waals surface area (Å²) in [5.41, 5.74) is 0. The van der Waals surface area contributed by atoms with Crippen LogP contribution in [0.15, 0.2) is 0 Å². The molecule has 3 aliphatic rings. The van der Waals surface area contributed by atoms with Gasteiger partial charge in [-0.25, -0.2) is 0 Å². The molecule has 0 N–H and O–H groups in total. The third-order valence-corrected chi connectivity index (χ3v) is 11.4. The fraction of sp³-hybridized carbons (Fsp3) is 1.00. The molecule has 0 spiro atoms. The molecule has 0 radical (unpaired) electrons. The van der Waals surface area contributed by atoms with Crippen LogP contribution in [0.5, 0.6) is 0 Å². The highest BCUT2D eigenvalue weighted by molar-refractivity contribution is 8.77. The minimum Gasteiger partial charge on any atom is -0.302 e. The Bertz CT molecular complexity index is 450. The minimum atomic E-state index is 0.745. The van der Waals surface area contributed by atoms with Gasteiger partial charge in [-0.15, -0.1) is 0 Å². The lowest BCUT2D eigenvalue weighted by molar-refractivity contribution is 0.250. The van der Waals surface area contributed by atoms with Gasteiger partial charge >= 0.3 is 0 Å². The van der Waals surface area contributed by atoms with Crippen molar-refractivity contribution in [1.82, 2.24) is 14.7 Å². The molecule has 0 aromatic rings. The van der Waals surface area contributed by atoms with Crippen molar-refractivity contribution in [2.45, 2.75) is 79.7 Å².